The van der Waals surface area contributed by atoms with Crippen LogP contribution in [0.3, 0.4) is 0 Å². The van der Waals surface area contributed by atoms with Crippen molar-refractivity contribution in [3.63, 3.8) is 0 Å². The summed E-state index contributed by atoms with van der Waals surface area (Å²) in [5, 5.41) is 29.0. The average Bonchev–Trinajstić information content (AvgIpc) is 3.53. The van der Waals surface area contributed by atoms with E-state index < -0.39 is 53.0 Å². The van der Waals surface area contributed by atoms with Gasteiger partial charge in [0.1, 0.15) is 25.3 Å². The van der Waals surface area contributed by atoms with Crippen molar-refractivity contribution < 1.29 is 43.6 Å². The summed E-state index contributed by atoms with van der Waals surface area (Å²) in [4.78, 5) is 62.4. The van der Waals surface area contributed by atoms with E-state index in [1.54, 1.807) is 65.9 Å². The maximum absolute atomic E-state index is 14.6. The maximum atomic E-state index is 14.6. The fraction of sp³-hybridized carbons (Fsp3) is 0.512. The van der Waals surface area contributed by atoms with E-state index in [4.69, 9.17) is 14.2 Å². The van der Waals surface area contributed by atoms with Gasteiger partial charge in [0, 0.05) is 26.2 Å². The molecule has 16 nitrogen and oxygen atoms in total. The molecule has 0 saturated carbocycles. The zero-order valence-corrected chi connectivity index (χ0v) is 35.1. The summed E-state index contributed by atoms with van der Waals surface area (Å²) >= 11 is 0. The number of aliphatic hydroxyl groups excluding tert-OH is 2. The molecule has 4 unspecified atom stereocenters. The number of carbonyl (C=O) groups is 4. The van der Waals surface area contributed by atoms with Crippen LogP contribution in [0.1, 0.15) is 64.1 Å². The van der Waals surface area contributed by atoms with Crippen molar-refractivity contribution >= 4 is 23.9 Å². The Labute approximate surface area is 346 Å². The fourth-order valence-corrected chi connectivity index (χ4v) is 7.29. The Balaban J connectivity index is 1.41. The van der Waals surface area contributed by atoms with Crippen molar-refractivity contribution in [2.45, 2.75) is 91.9 Å². The first kappa shape index (κ1) is 44.6. The first-order chi connectivity index (χ1) is 28.0. The lowest BCUT2D eigenvalue weighted by Crippen LogP contribution is -2.61. The van der Waals surface area contributed by atoms with Gasteiger partial charge < -0.3 is 44.9 Å². The minimum absolute atomic E-state index is 0.110. The van der Waals surface area contributed by atoms with E-state index in [0.717, 1.165) is 11.1 Å². The molecule has 1 fully saturated rings. The molecule has 5 rings (SSSR count). The van der Waals surface area contributed by atoms with Crippen molar-refractivity contribution in [3.8, 4) is 11.5 Å². The molecule has 3 heterocycles. The lowest BCUT2D eigenvalue weighted by Gasteiger charge is -2.38. The number of amides is 5. The number of nitrogens with one attached hydrogen (secondary N) is 3. The predicted molar refractivity (Wildman–Crippen MR) is 219 cm³/mol. The monoisotopic (exact) mass is 817 g/mol. The molecule has 16 heteroatoms. The van der Waals surface area contributed by atoms with Crippen LogP contribution in [0.25, 0.3) is 0 Å². The Bertz CT molecular complexity index is 1920. The number of fused-ring (bicyclic) bond motifs is 1. The molecule has 5 amide bonds. The van der Waals surface area contributed by atoms with Crippen molar-refractivity contribution in [1.82, 2.24) is 35.9 Å². The van der Waals surface area contributed by atoms with Crippen LogP contribution in [0.4, 0.5) is 9.59 Å². The molecule has 320 valence electrons. The summed E-state index contributed by atoms with van der Waals surface area (Å²) < 4.78 is 16.3. The lowest BCUT2D eigenvalue weighted by molar-refractivity contribution is -0.133. The van der Waals surface area contributed by atoms with Gasteiger partial charge in [-0.2, -0.15) is 0 Å². The zero-order chi connectivity index (χ0) is 42.9. The third-order valence-corrected chi connectivity index (χ3v) is 10.2. The van der Waals surface area contributed by atoms with Crippen LogP contribution in [-0.4, -0.2) is 118 Å². The van der Waals surface area contributed by atoms with Crippen LogP contribution < -0.4 is 25.5 Å². The van der Waals surface area contributed by atoms with Crippen molar-refractivity contribution in [2.24, 2.45) is 10.8 Å². The number of carbonyl (C=O) groups excluding carboxylic acids is 4. The molecule has 2 aliphatic heterocycles. The van der Waals surface area contributed by atoms with E-state index in [1.807, 2.05) is 57.2 Å². The Kier molecular flexibility index (Phi) is 14.8. The normalized spacial score (nSPS) is 16.3. The van der Waals surface area contributed by atoms with Crippen LogP contribution in [0.15, 0.2) is 66.7 Å². The number of aliphatic hydroxyl groups is 2. The second-order valence-corrected chi connectivity index (χ2v) is 17.1. The number of alkyl carbamates (subject to hydrolysis) is 1. The molecule has 0 spiro atoms. The second-order valence-electron chi connectivity index (χ2n) is 17.1. The van der Waals surface area contributed by atoms with Crippen LogP contribution in [0.2, 0.25) is 0 Å². The van der Waals surface area contributed by atoms with Gasteiger partial charge in [-0.15, -0.1) is 0 Å². The van der Waals surface area contributed by atoms with Gasteiger partial charge in [0.25, 0.3) is 5.91 Å². The number of benzene rings is 2. The zero-order valence-electron chi connectivity index (χ0n) is 35.1. The molecule has 1 aromatic heterocycles. The SMILES string of the molecule is COC(=O)NC(C(=O)NN(Cc1ccc2c(c1)OCCO2)CC(O)C(Cc1ccccc1)NC(=O)C(N1CCN(Cc2cccc(CO)n2)C1=O)C(C)(C)C)C(C)(C)C. The maximum Gasteiger partial charge on any atom is 0.407 e. The van der Waals surface area contributed by atoms with E-state index in [9.17, 15) is 29.4 Å². The van der Waals surface area contributed by atoms with Gasteiger partial charge >= 0.3 is 12.1 Å². The van der Waals surface area contributed by atoms with Crippen LogP contribution in [0.5, 0.6) is 11.5 Å². The standard InChI is InChI=1S/C43H59N7O9/c1-42(2,3)36(46-40(55)57-7)38(53)47-49(24-29-16-17-34-35(23-29)59-21-20-58-34)26-33(52)32(22-28-12-9-8-10-13-28)45-39(54)37(43(4,5)6)50-19-18-48(41(50)56)25-30-14-11-15-31(27-51)44-30/h8-17,23,32-33,36-37,51-52H,18-22,24-27H2,1-7H3,(H,45,54)(H,46,55)(H,47,53). The summed E-state index contributed by atoms with van der Waals surface area (Å²) in [6.07, 6.45) is -1.79. The highest BCUT2D eigenvalue weighted by molar-refractivity contribution is 5.89. The smallest absolute Gasteiger partial charge is 0.407 e. The van der Waals surface area contributed by atoms with Gasteiger partial charge in [-0.05, 0) is 52.6 Å². The first-order valence-corrected chi connectivity index (χ1v) is 19.9. The average molecular weight is 818 g/mol. The highest BCUT2D eigenvalue weighted by Gasteiger charge is 2.44. The minimum Gasteiger partial charge on any atom is -0.486 e. The number of hydrazine groups is 1. The molecule has 2 aliphatic rings. The molecule has 2 aromatic carbocycles. The molecule has 5 N–H and O–H groups in total. The highest BCUT2D eigenvalue weighted by Crippen LogP contribution is 2.32. The Morgan fingerprint density at radius 2 is 1.56 bits per heavy atom. The Morgan fingerprint density at radius 1 is 0.864 bits per heavy atom. The first-order valence-electron chi connectivity index (χ1n) is 19.9. The minimum atomic E-state index is -1.26. The molecule has 0 bridgehead atoms. The Hall–Kier alpha value is -5.45. The molecular formula is C43H59N7O9. The summed E-state index contributed by atoms with van der Waals surface area (Å²) in [6.45, 7) is 12.5. The number of methoxy groups -OCH3 is 1. The summed E-state index contributed by atoms with van der Waals surface area (Å²) in [7, 11) is 1.22. The number of rotatable bonds is 16. The molecule has 3 aromatic rings. The van der Waals surface area contributed by atoms with Crippen LogP contribution in [0, 0.1) is 10.8 Å². The van der Waals surface area contributed by atoms with Gasteiger partial charge in [0.15, 0.2) is 11.5 Å². The fourth-order valence-electron chi connectivity index (χ4n) is 7.29. The molecule has 1 saturated heterocycles. The topological polar surface area (TPSA) is 195 Å². The third kappa shape index (κ3) is 12.1. The second kappa shape index (κ2) is 19.5. The van der Waals surface area contributed by atoms with E-state index in [-0.39, 0.29) is 38.7 Å². The van der Waals surface area contributed by atoms with Gasteiger partial charge in [0.2, 0.25) is 5.91 Å². The number of ether oxygens (including phenoxy) is 3. The lowest BCUT2D eigenvalue weighted by atomic mass is 9.84. The molecule has 4 atom stereocenters. The summed E-state index contributed by atoms with van der Waals surface area (Å²) in [5.74, 6) is 0.162. The molecule has 0 aliphatic carbocycles. The number of hydrogen-bond acceptors (Lipinski definition) is 11. The predicted octanol–water partition coefficient (Wildman–Crippen LogP) is 3.39. The van der Waals surface area contributed by atoms with E-state index >= 15 is 0 Å². The van der Waals surface area contributed by atoms with Crippen LogP contribution in [-0.2, 0) is 40.4 Å². The van der Waals surface area contributed by atoms with Crippen molar-refractivity contribution in [2.75, 3.05) is 40.0 Å². The van der Waals surface area contributed by atoms with Gasteiger partial charge in [-0.25, -0.2) is 14.6 Å². The molecule has 59 heavy (non-hydrogen) atoms. The summed E-state index contributed by atoms with van der Waals surface area (Å²) in [6, 6.07) is 17.0. The van der Waals surface area contributed by atoms with Crippen molar-refractivity contribution in [3.05, 3.63) is 89.2 Å². The van der Waals surface area contributed by atoms with E-state index in [0.29, 0.717) is 49.2 Å². The Morgan fingerprint density at radius 3 is 2.22 bits per heavy atom. The summed E-state index contributed by atoms with van der Waals surface area (Å²) in [5.41, 5.74) is 4.19. The number of pyridine rings is 1. The van der Waals surface area contributed by atoms with Crippen molar-refractivity contribution in [1.29, 1.82) is 0 Å². The van der Waals surface area contributed by atoms with E-state index in [2.05, 4.69) is 21.0 Å². The quantitative estimate of drug-likeness (QED) is 0.133. The van der Waals surface area contributed by atoms with Gasteiger partial charge in [-0.3, -0.25) is 20.0 Å². The molecular weight excluding hydrogens is 759 g/mol. The highest BCUT2D eigenvalue weighted by atomic mass is 16.6. The molecule has 0 radical (unpaired) electrons. The largest absolute Gasteiger partial charge is 0.486 e. The number of urea groups is 1. The van der Waals surface area contributed by atoms with Gasteiger partial charge in [-0.1, -0.05) is 84.0 Å². The number of hydrogen-bond donors (Lipinski definition) is 5. The van der Waals surface area contributed by atoms with Gasteiger partial charge in [0.05, 0.1) is 43.8 Å². The number of aromatic nitrogens is 1. The third-order valence-electron chi connectivity index (χ3n) is 10.2. The van der Waals surface area contributed by atoms with E-state index in [1.165, 1.54) is 7.11 Å². The number of nitrogens with zero attached hydrogens (tertiary/aromatic N) is 4. The van der Waals surface area contributed by atoms with Crippen LogP contribution >= 0.6 is 0 Å².